The molecule has 2 aromatic carbocycles. The van der Waals surface area contributed by atoms with Crippen LogP contribution in [0.1, 0.15) is 36.3 Å². The van der Waals surface area contributed by atoms with Crippen molar-refractivity contribution in [1.29, 1.82) is 0 Å². The molecule has 0 fully saturated rings. The number of hydrogen-bond donors (Lipinski definition) is 1. The zero-order chi connectivity index (χ0) is 25.5. The number of nitro benzene ring substituents is 1. The van der Waals surface area contributed by atoms with Gasteiger partial charge in [-0.2, -0.15) is 0 Å². The number of non-ortho nitro benzene ring substituents is 1. The monoisotopic (exact) mass is 580 g/mol. The number of rotatable bonds is 6. The molecule has 4 rings (SSSR count). The third-order valence-corrected chi connectivity index (χ3v) is 8.99. The van der Waals surface area contributed by atoms with Crippen LogP contribution in [0, 0.1) is 15.9 Å². The predicted molar refractivity (Wildman–Crippen MR) is 135 cm³/mol. The Balaban J connectivity index is 1.72. The summed E-state index contributed by atoms with van der Waals surface area (Å²) in [6.07, 6.45) is 4.66. The van der Waals surface area contributed by atoms with Gasteiger partial charge in [0, 0.05) is 33.4 Å². The summed E-state index contributed by atoms with van der Waals surface area (Å²) in [6.45, 7) is 1.53. The summed E-state index contributed by atoms with van der Waals surface area (Å²) in [5.41, 5.74) is 1.01. The number of halogens is 3. The van der Waals surface area contributed by atoms with Gasteiger partial charge in [-0.1, -0.05) is 45.8 Å². The first-order valence-corrected chi connectivity index (χ1v) is 12.9. The van der Waals surface area contributed by atoms with Gasteiger partial charge in [-0.25, -0.2) is 16.8 Å². The molecule has 35 heavy (non-hydrogen) atoms. The van der Waals surface area contributed by atoms with Crippen LogP contribution in [0.5, 0.6) is 0 Å². The summed E-state index contributed by atoms with van der Waals surface area (Å²) in [6, 6.07) is 10.8. The third-order valence-electron chi connectivity index (χ3n) is 5.88. The molecule has 0 amide bonds. The molecule has 1 N–H and O–H groups in total. The van der Waals surface area contributed by atoms with Crippen molar-refractivity contribution >= 4 is 48.8 Å². The average molecular weight is 582 g/mol. The number of aliphatic hydroxyl groups is 1. The molecule has 7 nitrogen and oxygen atoms in total. The molecule has 0 spiro atoms. The number of nitrogens with zero attached hydrogens (tertiary/aromatic N) is 2. The summed E-state index contributed by atoms with van der Waals surface area (Å²) in [5.74, 6) is -0.621. The highest BCUT2D eigenvalue weighted by Crippen LogP contribution is 2.39. The summed E-state index contributed by atoms with van der Waals surface area (Å²) in [5, 5.41) is 22.3. The summed E-state index contributed by atoms with van der Waals surface area (Å²) >= 11 is 9.40. The van der Waals surface area contributed by atoms with E-state index in [1.807, 2.05) is 0 Å². The number of benzene rings is 2. The van der Waals surface area contributed by atoms with Crippen LogP contribution >= 0.6 is 27.5 Å². The van der Waals surface area contributed by atoms with Gasteiger partial charge in [-0.15, -0.1) is 0 Å². The Kier molecular flexibility index (Phi) is 6.76. The summed E-state index contributed by atoms with van der Waals surface area (Å²) in [4.78, 5) is 10.8. The lowest BCUT2D eigenvalue weighted by molar-refractivity contribution is -0.384. The molecular formula is C24H19BrClFN2O5S. The van der Waals surface area contributed by atoms with Crippen molar-refractivity contribution in [1.82, 2.24) is 3.97 Å². The molecule has 0 bridgehead atoms. The van der Waals surface area contributed by atoms with Gasteiger partial charge in [0.2, 0.25) is 10.0 Å². The molecule has 182 valence electrons. The number of aromatic nitrogens is 1. The van der Waals surface area contributed by atoms with Crippen LogP contribution in [0.2, 0.25) is 5.02 Å². The zero-order valence-electron chi connectivity index (χ0n) is 18.2. The maximum Gasteiger partial charge on any atom is 0.271 e. The second kappa shape index (κ2) is 9.34. The lowest BCUT2D eigenvalue weighted by atomic mass is 9.90. The minimum absolute atomic E-state index is 0.00122. The van der Waals surface area contributed by atoms with Crippen LogP contribution in [0.25, 0.3) is 5.57 Å². The van der Waals surface area contributed by atoms with Crippen molar-refractivity contribution in [3.05, 3.63) is 115 Å². The first-order valence-electron chi connectivity index (χ1n) is 10.3. The Morgan fingerprint density at radius 3 is 2.71 bits per heavy atom. The van der Waals surface area contributed by atoms with Crippen LogP contribution in [0.15, 0.2) is 77.4 Å². The molecule has 1 aliphatic carbocycles. The lowest BCUT2D eigenvalue weighted by Crippen LogP contribution is -2.39. The smallest absolute Gasteiger partial charge is 0.271 e. The van der Waals surface area contributed by atoms with Crippen molar-refractivity contribution in [2.75, 3.05) is 0 Å². The largest absolute Gasteiger partial charge is 0.382 e. The van der Waals surface area contributed by atoms with Crippen LogP contribution in [0.3, 0.4) is 0 Å². The highest BCUT2D eigenvalue weighted by molar-refractivity contribution is 9.10. The van der Waals surface area contributed by atoms with Crippen LogP contribution < -0.4 is 0 Å². The van der Waals surface area contributed by atoms with Gasteiger partial charge < -0.3 is 5.11 Å². The fourth-order valence-corrected chi connectivity index (χ4v) is 6.43. The normalized spacial score (nSPS) is 18.8. The van der Waals surface area contributed by atoms with Crippen LogP contribution in [-0.2, 0) is 10.0 Å². The van der Waals surface area contributed by atoms with E-state index in [-0.39, 0.29) is 28.4 Å². The number of allylic oxidation sites excluding steroid dienone is 3. The van der Waals surface area contributed by atoms with E-state index >= 15 is 0 Å². The second-order valence-corrected chi connectivity index (χ2v) is 11.9. The van der Waals surface area contributed by atoms with Crippen molar-refractivity contribution in [3.63, 3.8) is 0 Å². The van der Waals surface area contributed by atoms with Gasteiger partial charge >= 0.3 is 0 Å². The van der Waals surface area contributed by atoms with E-state index in [1.54, 1.807) is 18.2 Å². The van der Waals surface area contributed by atoms with Crippen molar-refractivity contribution in [2.24, 2.45) is 0 Å². The number of nitro groups is 1. The maximum absolute atomic E-state index is 13.8. The molecule has 0 saturated heterocycles. The van der Waals surface area contributed by atoms with E-state index in [4.69, 9.17) is 11.6 Å². The highest BCUT2D eigenvalue weighted by Gasteiger charge is 2.41. The number of aliphatic hydroxyl groups excluding tert-OH is 1. The molecule has 0 aliphatic heterocycles. The Morgan fingerprint density at radius 2 is 2.00 bits per heavy atom. The first kappa shape index (κ1) is 25.3. The quantitative estimate of drug-likeness (QED) is 0.284. The van der Waals surface area contributed by atoms with E-state index < -0.39 is 31.6 Å². The summed E-state index contributed by atoms with van der Waals surface area (Å²) in [7, 11) is -4.16. The summed E-state index contributed by atoms with van der Waals surface area (Å²) < 4.78 is 41.5. The molecular weight excluding hydrogens is 563 g/mol. The highest BCUT2D eigenvalue weighted by atomic mass is 79.9. The van der Waals surface area contributed by atoms with Gasteiger partial charge in [0.05, 0.1) is 10.6 Å². The van der Waals surface area contributed by atoms with Crippen molar-refractivity contribution in [2.45, 2.75) is 24.2 Å². The average Bonchev–Trinajstić information content (AvgIpc) is 3.30. The standard InChI is InChI=1S/C24H19BrClFN2O5S/c1-24(8-2-4-15(14-24)16-10-17(25)12-19(11-16)29(31)32)35(33,34)28-9-3-5-22(28)23(30)20-13-18(27)6-7-21(20)26/h2-13,23,30H,14H2,1H3. The molecule has 0 radical (unpaired) electrons. The Labute approximate surface area is 214 Å². The van der Waals surface area contributed by atoms with Gasteiger partial charge in [-0.3, -0.25) is 10.1 Å². The first-order chi connectivity index (χ1) is 16.4. The Bertz CT molecular complexity index is 1500. The van der Waals surface area contributed by atoms with E-state index in [1.165, 1.54) is 49.5 Å². The minimum Gasteiger partial charge on any atom is -0.382 e. The molecule has 2 atom stereocenters. The van der Waals surface area contributed by atoms with Crippen LogP contribution in [-0.4, -0.2) is 27.2 Å². The zero-order valence-corrected chi connectivity index (χ0v) is 21.4. The molecule has 2 unspecified atom stereocenters. The van der Waals surface area contributed by atoms with Gasteiger partial charge in [0.1, 0.15) is 16.7 Å². The van der Waals surface area contributed by atoms with Crippen molar-refractivity contribution in [3.8, 4) is 0 Å². The fraction of sp³-hybridized carbons (Fsp3) is 0.167. The van der Waals surface area contributed by atoms with E-state index in [9.17, 15) is 28.0 Å². The topological polar surface area (TPSA) is 102 Å². The van der Waals surface area contributed by atoms with Crippen molar-refractivity contribution < 1.29 is 22.8 Å². The van der Waals surface area contributed by atoms with E-state index in [0.717, 1.165) is 16.1 Å². The molecule has 1 aliphatic rings. The molecule has 0 saturated carbocycles. The fourth-order valence-electron chi connectivity index (χ4n) is 4.02. The van der Waals surface area contributed by atoms with Crippen LogP contribution in [0.4, 0.5) is 10.1 Å². The molecule has 1 heterocycles. The maximum atomic E-state index is 13.8. The Hall–Kier alpha value is -2.79. The molecule has 3 aromatic rings. The lowest BCUT2D eigenvalue weighted by Gasteiger charge is -2.31. The van der Waals surface area contributed by atoms with Gasteiger partial charge in [0.15, 0.2) is 0 Å². The predicted octanol–water partition coefficient (Wildman–Crippen LogP) is 6.01. The molecule has 11 heteroatoms. The van der Waals surface area contributed by atoms with Gasteiger partial charge in [0.25, 0.3) is 5.69 Å². The third kappa shape index (κ3) is 4.71. The number of hydrogen-bond acceptors (Lipinski definition) is 5. The second-order valence-electron chi connectivity index (χ2n) is 8.30. The van der Waals surface area contributed by atoms with E-state index in [2.05, 4.69) is 15.9 Å². The van der Waals surface area contributed by atoms with E-state index in [0.29, 0.717) is 15.6 Å². The Morgan fingerprint density at radius 1 is 1.26 bits per heavy atom. The SMILES string of the molecule is CC1(S(=O)(=O)n2cccc2C(O)c2cc(F)ccc2Cl)C=CC=C(c2cc(Br)cc([N+](=O)[O-])c2)C1. The van der Waals surface area contributed by atoms with Gasteiger partial charge in [-0.05, 0) is 60.9 Å². The minimum atomic E-state index is -4.16. The molecule has 1 aromatic heterocycles.